The van der Waals surface area contributed by atoms with E-state index in [4.69, 9.17) is 4.74 Å². The summed E-state index contributed by atoms with van der Waals surface area (Å²) < 4.78 is 37.1. The summed E-state index contributed by atoms with van der Waals surface area (Å²) in [4.78, 5) is 11.2. The van der Waals surface area contributed by atoms with Crippen molar-refractivity contribution < 1.29 is 22.5 Å². The first-order valence-corrected chi connectivity index (χ1v) is 7.11. The molecule has 0 fully saturated rings. The van der Waals surface area contributed by atoms with Gasteiger partial charge in [0.25, 0.3) is 10.1 Å². The molecule has 1 N–H and O–H groups in total. The molecule has 0 unspecified atom stereocenters. The zero-order valence-electron chi connectivity index (χ0n) is 10.7. The summed E-state index contributed by atoms with van der Waals surface area (Å²) >= 11 is 0. The molecule has 0 aliphatic heterocycles. The molecule has 5 nitrogen and oxygen atoms in total. The topological polar surface area (TPSA) is 80.7 Å². The van der Waals surface area contributed by atoms with Gasteiger partial charge < -0.3 is 4.74 Å². The molecule has 0 atom stereocenters. The van der Waals surface area contributed by atoms with E-state index >= 15 is 0 Å². The Hall–Kier alpha value is -2.18. The Bertz CT molecular complexity index is 805. The van der Waals surface area contributed by atoms with Gasteiger partial charge in [0.1, 0.15) is 4.90 Å². The number of fused-ring (bicyclic) bond motifs is 1. The lowest BCUT2D eigenvalue weighted by molar-refractivity contribution is -0.130. The van der Waals surface area contributed by atoms with Crippen LogP contribution >= 0.6 is 0 Å². The Kier molecular flexibility index (Phi) is 3.61. The monoisotopic (exact) mass is 292 g/mol. The number of hydrogen-bond donors (Lipinski definition) is 1. The normalized spacial score (nSPS) is 11.3. The van der Waals surface area contributed by atoms with Crippen molar-refractivity contribution >= 4 is 26.9 Å². The maximum atomic E-state index is 11.6. The van der Waals surface area contributed by atoms with Crippen molar-refractivity contribution in [2.24, 2.45) is 0 Å². The Balaban J connectivity index is 2.75. The van der Waals surface area contributed by atoms with Gasteiger partial charge in [0.15, 0.2) is 5.75 Å². The zero-order valence-corrected chi connectivity index (χ0v) is 11.5. The third-order valence-electron chi connectivity index (χ3n) is 2.66. The molecule has 6 heteroatoms. The first-order chi connectivity index (χ1) is 9.30. The number of esters is 1. The van der Waals surface area contributed by atoms with Gasteiger partial charge in [-0.05, 0) is 18.4 Å². The van der Waals surface area contributed by atoms with Gasteiger partial charge in [0, 0.05) is 11.0 Å². The Morgan fingerprint density at radius 3 is 2.45 bits per heavy atom. The number of ether oxygens (including phenoxy) is 1. The van der Waals surface area contributed by atoms with Crippen molar-refractivity contribution in [3.8, 4) is 5.75 Å². The first-order valence-electron chi connectivity index (χ1n) is 5.67. The summed E-state index contributed by atoms with van der Waals surface area (Å²) in [6.07, 6.45) is 0. The number of benzene rings is 2. The fraction of sp³-hybridized carbons (Fsp3) is 0.0714. The molecule has 2 aromatic rings. The third kappa shape index (κ3) is 2.71. The lowest BCUT2D eigenvalue weighted by Gasteiger charge is -2.11. The fourth-order valence-corrected chi connectivity index (χ4v) is 2.34. The van der Waals surface area contributed by atoms with Crippen molar-refractivity contribution in [3.05, 3.63) is 48.6 Å². The molecule has 0 aliphatic carbocycles. The molecule has 2 aromatic carbocycles. The standard InChI is InChI=1S/C14H12O5S/c1-9(2)14(15)19-13-11-6-4-3-5-10(11)7-8-12(13)20(16,17)18/h3-8H,1H2,2H3,(H,16,17,18). The van der Waals surface area contributed by atoms with Crippen LogP contribution in [0.15, 0.2) is 53.4 Å². The summed E-state index contributed by atoms with van der Waals surface area (Å²) in [5, 5.41) is 1.10. The summed E-state index contributed by atoms with van der Waals surface area (Å²) in [5.41, 5.74) is 0.124. The number of carbonyl (C=O) groups is 1. The van der Waals surface area contributed by atoms with Gasteiger partial charge >= 0.3 is 5.97 Å². The highest BCUT2D eigenvalue weighted by Crippen LogP contribution is 2.33. The average Bonchev–Trinajstić information content (AvgIpc) is 2.37. The lowest BCUT2D eigenvalue weighted by Crippen LogP contribution is -2.12. The summed E-state index contributed by atoms with van der Waals surface area (Å²) in [6.45, 7) is 4.88. The molecular weight excluding hydrogens is 280 g/mol. The maximum absolute atomic E-state index is 11.6. The Labute approximate surface area is 116 Å². The van der Waals surface area contributed by atoms with Crippen LogP contribution in [0, 0.1) is 0 Å². The van der Waals surface area contributed by atoms with Gasteiger partial charge in [-0.25, -0.2) is 4.79 Å². The minimum absolute atomic E-state index is 0.124. The van der Waals surface area contributed by atoms with Crippen LogP contribution in [-0.2, 0) is 14.9 Å². The van der Waals surface area contributed by atoms with E-state index in [1.54, 1.807) is 24.3 Å². The number of carbonyl (C=O) groups excluding carboxylic acids is 1. The maximum Gasteiger partial charge on any atom is 0.338 e. The van der Waals surface area contributed by atoms with Crippen LogP contribution < -0.4 is 4.74 Å². The summed E-state index contributed by atoms with van der Waals surface area (Å²) in [5.74, 6) is -0.954. The molecule has 104 valence electrons. The Morgan fingerprint density at radius 2 is 1.85 bits per heavy atom. The van der Waals surface area contributed by atoms with Gasteiger partial charge in [-0.3, -0.25) is 4.55 Å². The summed E-state index contributed by atoms with van der Waals surface area (Å²) in [6, 6.07) is 9.50. The molecule has 0 bridgehead atoms. The van der Waals surface area contributed by atoms with Crippen molar-refractivity contribution in [3.63, 3.8) is 0 Å². The molecule has 0 aromatic heterocycles. The Morgan fingerprint density at radius 1 is 1.20 bits per heavy atom. The first kappa shape index (κ1) is 14.2. The number of rotatable bonds is 3. The third-order valence-corrected chi connectivity index (χ3v) is 3.54. The smallest absolute Gasteiger partial charge is 0.338 e. The van der Waals surface area contributed by atoms with Crippen molar-refractivity contribution in [2.45, 2.75) is 11.8 Å². The van der Waals surface area contributed by atoms with E-state index in [-0.39, 0.29) is 11.3 Å². The van der Waals surface area contributed by atoms with Crippen LogP contribution in [0.5, 0.6) is 5.75 Å². The number of hydrogen-bond acceptors (Lipinski definition) is 4. The van der Waals surface area contributed by atoms with E-state index in [9.17, 15) is 17.8 Å². The van der Waals surface area contributed by atoms with Crippen molar-refractivity contribution in [1.82, 2.24) is 0 Å². The molecule has 0 saturated carbocycles. The largest absolute Gasteiger partial charge is 0.421 e. The molecule has 20 heavy (non-hydrogen) atoms. The molecule has 0 saturated heterocycles. The highest BCUT2D eigenvalue weighted by molar-refractivity contribution is 7.86. The second-order valence-corrected chi connectivity index (χ2v) is 5.65. The van der Waals surface area contributed by atoms with Gasteiger partial charge in [0.2, 0.25) is 0 Å². The quantitative estimate of drug-likeness (QED) is 0.407. The van der Waals surface area contributed by atoms with E-state index in [1.165, 1.54) is 19.1 Å². The minimum Gasteiger partial charge on any atom is -0.421 e. The molecule has 0 amide bonds. The summed E-state index contributed by atoms with van der Waals surface area (Å²) in [7, 11) is -4.50. The zero-order chi connectivity index (χ0) is 14.9. The molecular formula is C14H12O5S. The second kappa shape index (κ2) is 5.07. The van der Waals surface area contributed by atoms with Crippen LogP contribution in [0.4, 0.5) is 0 Å². The molecule has 0 spiro atoms. The lowest BCUT2D eigenvalue weighted by atomic mass is 10.1. The van der Waals surface area contributed by atoms with Gasteiger partial charge in [0.05, 0.1) is 0 Å². The predicted octanol–water partition coefficient (Wildman–Crippen LogP) is 2.57. The van der Waals surface area contributed by atoms with Gasteiger partial charge in [-0.15, -0.1) is 0 Å². The SMILES string of the molecule is C=C(C)C(=O)Oc1c(S(=O)(=O)O)ccc2ccccc12. The van der Waals surface area contributed by atoms with E-state index < -0.39 is 21.0 Å². The fourth-order valence-electron chi connectivity index (χ4n) is 1.71. The van der Waals surface area contributed by atoms with Crippen molar-refractivity contribution in [2.75, 3.05) is 0 Å². The van der Waals surface area contributed by atoms with Crippen molar-refractivity contribution in [1.29, 1.82) is 0 Å². The van der Waals surface area contributed by atoms with Gasteiger partial charge in [-0.1, -0.05) is 36.9 Å². The van der Waals surface area contributed by atoms with E-state index in [0.29, 0.717) is 10.8 Å². The molecule has 0 heterocycles. The van der Waals surface area contributed by atoms with E-state index in [0.717, 1.165) is 0 Å². The van der Waals surface area contributed by atoms with E-state index in [2.05, 4.69) is 6.58 Å². The minimum atomic E-state index is -4.50. The van der Waals surface area contributed by atoms with Crippen LogP contribution in [0.3, 0.4) is 0 Å². The molecule has 0 aliphatic rings. The van der Waals surface area contributed by atoms with Crippen LogP contribution in [-0.4, -0.2) is 18.9 Å². The molecule has 0 radical (unpaired) electrons. The molecule has 2 rings (SSSR count). The highest BCUT2D eigenvalue weighted by atomic mass is 32.2. The van der Waals surface area contributed by atoms with Crippen LogP contribution in [0.25, 0.3) is 10.8 Å². The van der Waals surface area contributed by atoms with Gasteiger partial charge in [-0.2, -0.15) is 8.42 Å². The van der Waals surface area contributed by atoms with Crippen LogP contribution in [0.1, 0.15) is 6.92 Å². The average molecular weight is 292 g/mol. The predicted molar refractivity (Wildman–Crippen MR) is 74.2 cm³/mol. The second-order valence-electron chi connectivity index (χ2n) is 4.26. The van der Waals surface area contributed by atoms with E-state index in [1.807, 2.05) is 0 Å². The highest BCUT2D eigenvalue weighted by Gasteiger charge is 2.21. The van der Waals surface area contributed by atoms with Crippen LogP contribution in [0.2, 0.25) is 0 Å².